The lowest BCUT2D eigenvalue weighted by Crippen LogP contribution is -2.36. The minimum Gasteiger partial charge on any atom is -0.461 e. The van der Waals surface area contributed by atoms with E-state index >= 15 is 0 Å². The molecule has 2 heterocycles. The molecule has 1 aromatic heterocycles. The van der Waals surface area contributed by atoms with Gasteiger partial charge in [-0.25, -0.2) is 4.79 Å². The van der Waals surface area contributed by atoms with Crippen molar-refractivity contribution in [2.45, 2.75) is 44.6 Å². The van der Waals surface area contributed by atoms with Gasteiger partial charge in [-0.05, 0) is 37.8 Å². The molecule has 0 radical (unpaired) electrons. The molecule has 126 valence electrons. The number of furan rings is 1. The third-order valence-corrected chi connectivity index (χ3v) is 4.03. The Labute approximate surface area is 135 Å². The van der Waals surface area contributed by atoms with Crippen LogP contribution in [-0.2, 0) is 4.79 Å². The predicted molar refractivity (Wildman–Crippen MR) is 83.8 cm³/mol. The molecule has 0 aromatic carbocycles. The van der Waals surface area contributed by atoms with E-state index in [4.69, 9.17) is 10.2 Å². The number of nitrogens with one attached hydrogen (secondary N) is 1. The highest BCUT2D eigenvalue weighted by molar-refractivity contribution is 5.94. The van der Waals surface area contributed by atoms with Crippen molar-refractivity contribution in [2.75, 3.05) is 13.1 Å². The number of primary amides is 1. The zero-order valence-corrected chi connectivity index (χ0v) is 13.1. The van der Waals surface area contributed by atoms with E-state index in [-0.39, 0.29) is 17.7 Å². The molecule has 0 unspecified atom stereocenters. The molecule has 7 nitrogen and oxygen atoms in total. The van der Waals surface area contributed by atoms with E-state index in [0.717, 1.165) is 12.8 Å². The molecule has 1 fully saturated rings. The van der Waals surface area contributed by atoms with Gasteiger partial charge in [0.05, 0.1) is 6.26 Å². The molecule has 23 heavy (non-hydrogen) atoms. The quantitative estimate of drug-likeness (QED) is 0.561. The van der Waals surface area contributed by atoms with E-state index < -0.39 is 6.03 Å². The summed E-state index contributed by atoms with van der Waals surface area (Å²) in [5.41, 5.74) is 4.97. The Kier molecular flexibility index (Phi) is 6.19. The Morgan fingerprint density at radius 1 is 1.35 bits per heavy atom. The molecule has 3 amide bonds. The van der Waals surface area contributed by atoms with Crippen LogP contribution in [0.3, 0.4) is 0 Å². The molecule has 1 atom stereocenters. The number of Topliss-reactive ketones (excluding diaryl/α,β-unsaturated/α-hetero) is 1. The van der Waals surface area contributed by atoms with Gasteiger partial charge in [0.1, 0.15) is 0 Å². The van der Waals surface area contributed by atoms with Crippen molar-refractivity contribution in [1.29, 1.82) is 0 Å². The van der Waals surface area contributed by atoms with E-state index in [1.165, 1.54) is 6.26 Å². The zero-order valence-electron chi connectivity index (χ0n) is 13.1. The second-order valence-corrected chi connectivity index (χ2v) is 5.74. The second kappa shape index (κ2) is 8.36. The van der Waals surface area contributed by atoms with Gasteiger partial charge < -0.3 is 20.4 Å². The average Bonchev–Trinajstić information content (AvgIpc) is 3.17. The molecule has 0 saturated carbocycles. The molecule has 3 N–H and O–H groups in total. The Morgan fingerprint density at radius 3 is 2.87 bits per heavy atom. The standard InChI is InChI=1S/C16H23N3O4/c17-16(22)18-8-2-1-7-15(21)19-9-3-5-12(19)11-13(20)14-6-4-10-23-14/h4,6,10,12H,1-3,5,7-9,11H2,(H3,17,18,22)/t12-/m1/s1. The number of likely N-dealkylation sites (tertiary alicyclic amines) is 1. The van der Waals surface area contributed by atoms with Crippen LogP contribution >= 0.6 is 0 Å². The maximum Gasteiger partial charge on any atom is 0.312 e. The van der Waals surface area contributed by atoms with E-state index in [0.29, 0.717) is 44.5 Å². The van der Waals surface area contributed by atoms with Crippen molar-refractivity contribution in [2.24, 2.45) is 5.73 Å². The maximum absolute atomic E-state index is 12.3. The summed E-state index contributed by atoms with van der Waals surface area (Å²) in [6, 6.07) is 2.75. The number of carbonyl (C=O) groups excluding carboxylic acids is 3. The fourth-order valence-corrected chi connectivity index (χ4v) is 2.88. The van der Waals surface area contributed by atoms with Gasteiger partial charge in [-0.1, -0.05) is 0 Å². The van der Waals surface area contributed by atoms with Crippen LogP contribution in [0.15, 0.2) is 22.8 Å². The highest BCUT2D eigenvalue weighted by Crippen LogP contribution is 2.23. The van der Waals surface area contributed by atoms with Crippen LogP contribution in [0.25, 0.3) is 0 Å². The number of hydrogen-bond donors (Lipinski definition) is 2. The van der Waals surface area contributed by atoms with Crippen molar-refractivity contribution < 1.29 is 18.8 Å². The van der Waals surface area contributed by atoms with Crippen LogP contribution < -0.4 is 11.1 Å². The minimum atomic E-state index is -0.549. The lowest BCUT2D eigenvalue weighted by Gasteiger charge is -2.24. The van der Waals surface area contributed by atoms with Gasteiger partial charge in [-0.2, -0.15) is 0 Å². The van der Waals surface area contributed by atoms with Gasteiger partial charge in [0.15, 0.2) is 11.5 Å². The fraction of sp³-hybridized carbons (Fsp3) is 0.562. The number of amides is 3. The van der Waals surface area contributed by atoms with Crippen LogP contribution in [0.5, 0.6) is 0 Å². The zero-order chi connectivity index (χ0) is 16.7. The van der Waals surface area contributed by atoms with Gasteiger partial charge in [0, 0.05) is 32.0 Å². The summed E-state index contributed by atoms with van der Waals surface area (Å²) < 4.78 is 5.11. The first-order valence-corrected chi connectivity index (χ1v) is 7.97. The fourth-order valence-electron chi connectivity index (χ4n) is 2.88. The van der Waals surface area contributed by atoms with E-state index in [1.807, 2.05) is 4.90 Å². The summed E-state index contributed by atoms with van der Waals surface area (Å²) >= 11 is 0. The summed E-state index contributed by atoms with van der Waals surface area (Å²) in [7, 11) is 0. The molecule has 7 heteroatoms. The highest BCUT2D eigenvalue weighted by atomic mass is 16.3. The lowest BCUT2D eigenvalue weighted by molar-refractivity contribution is -0.132. The van der Waals surface area contributed by atoms with Crippen molar-refractivity contribution in [1.82, 2.24) is 10.2 Å². The minimum absolute atomic E-state index is 0.0381. The molecule has 0 aliphatic carbocycles. The SMILES string of the molecule is NC(=O)NCCCCC(=O)N1CCC[C@@H]1CC(=O)c1ccco1. The highest BCUT2D eigenvalue weighted by Gasteiger charge is 2.30. The Balaban J connectivity index is 1.75. The summed E-state index contributed by atoms with van der Waals surface area (Å²) in [5.74, 6) is 0.353. The average molecular weight is 321 g/mol. The van der Waals surface area contributed by atoms with Gasteiger partial charge >= 0.3 is 6.03 Å². The number of hydrogen-bond acceptors (Lipinski definition) is 4. The Morgan fingerprint density at radius 2 is 2.17 bits per heavy atom. The molecule has 1 aliphatic heterocycles. The molecule has 0 spiro atoms. The first-order valence-electron chi connectivity index (χ1n) is 7.97. The van der Waals surface area contributed by atoms with Gasteiger partial charge in [0.25, 0.3) is 0 Å². The third kappa shape index (κ3) is 5.12. The van der Waals surface area contributed by atoms with E-state index in [1.54, 1.807) is 12.1 Å². The molecular weight excluding hydrogens is 298 g/mol. The largest absolute Gasteiger partial charge is 0.461 e. The first kappa shape index (κ1) is 17.1. The molecule has 1 aliphatic rings. The molecule has 1 saturated heterocycles. The van der Waals surface area contributed by atoms with Crippen LogP contribution in [-0.4, -0.2) is 41.8 Å². The van der Waals surface area contributed by atoms with Gasteiger partial charge in [-0.15, -0.1) is 0 Å². The second-order valence-electron chi connectivity index (χ2n) is 5.74. The predicted octanol–water partition coefficient (Wildman–Crippen LogP) is 1.68. The van der Waals surface area contributed by atoms with Crippen LogP contribution in [0.1, 0.15) is 49.1 Å². The summed E-state index contributed by atoms with van der Waals surface area (Å²) in [6.45, 7) is 1.18. The Bertz CT molecular complexity index is 542. The Hall–Kier alpha value is -2.31. The van der Waals surface area contributed by atoms with Crippen LogP contribution in [0, 0.1) is 0 Å². The molecule has 0 bridgehead atoms. The summed E-state index contributed by atoms with van der Waals surface area (Å²) in [6.07, 6.45) is 5.37. The number of urea groups is 1. The number of rotatable bonds is 8. The summed E-state index contributed by atoms with van der Waals surface area (Å²) in [5, 5.41) is 2.50. The monoisotopic (exact) mass is 321 g/mol. The number of nitrogens with zero attached hydrogens (tertiary/aromatic N) is 1. The van der Waals surface area contributed by atoms with Crippen molar-refractivity contribution in [3.05, 3.63) is 24.2 Å². The number of unbranched alkanes of at least 4 members (excludes halogenated alkanes) is 1. The molecular formula is C16H23N3O4. The van der Waals surface area contributed by atoms with E-state index in [2.05, 4.69) is 5.32 Å². The van der Waals surface area contributed by atoms with E-state index in [9.17, 15) is 14.4 Å². The number of nitrogens with two attached hydrogens (primary N) is 1. The molecule has 2 rings (SSSR count). The lowest BCUT2D eigenvalue weighted by atomic mass is 10.1. The van der Waals surface area contributed by atoms with Crippen LogP contribution in [0.2, 0.25) is 0 Å². The maximum atomic E-state index is 12.3. The number of ketones is 1. The van der Waals surface area contributed by atoms with Crippen LogP contribution in [0.4, 0.5) is 4.79 Å². The topological polar surface area (TPSA) is 106 Å². The first-order chi connectivity index (χ1) is 11.1. The smallest absolute Gasteiger partial charge is 0.312 e. The molecule has 1 aromatic rings. The third-order valence-electron chi connectivity index (χ3n) is 4.03. The van der Waals surface area contributed by atoms with Gasteiger partial charge in [-0.3, -0.25) is 9.59 Å². The number of carbonyl (C=O) groups is 3. The van der Waals surface area contributed by atoms with Gasteiger partial charge in [0.2, 0.25) is 5.91 Å². The summed E-state index contributed by atoms with van der Waals surface area (Å²) in [4.78, 5) is 36.8. The van der Waals surface area contributed by atoms with Crippen molar-refractivity contribution in [3.8, 4) is 0 Å². The normalized spacial score (nSPS) is 17.2. The van der Waals surface area contributed by atoms with Crippen molar-refractivity contribution >= 4 is 17.7 Å². The van der Waals surface area contributed by atoms with Crippen molar-refractivity contribution in [3.63, 3.8) is 0 Å².